The van der Waals surface area contributed by atoms with Crippen LogP contribution in [0.3, 0.4) is 0 Å². The minimum Gasteiger partial charge on any atom is -0.497 e. The van der Waals surface area contributed by atoms with E-state index < -0.39 is 49.4 Å². The highest BCUT2D eigenvalue weighted by Gasteiger charge is 2.65. The average Bonchev–Trinajstić information content (AvgIpc) is 3.86. The van der Waals surface area contributed by atoms with Gasteiger partial charge in [0.25, 0.3) is 14.1 Å². The fourth-order valence-corrected chi connectivity index (χ4v) is 11.1. The lowest BCUT2D eigenvalue weighted by molar-refractivity contribution is -0.203. The van der Waals surface area contributed by atoms with Crippen LogP contribution in [-0.4, -0.2) is 90.6 Å². The summed E-state index contributed by atoms with van der Waals surface area (Å²) in [6, 6.07) is 27.4. The monoisotopic (exact) mass is 994 g/mol. The molecule has 6 rings (SSSR count). The Morgan fingerprint density at radius 3 is 2.06 bits per heavy atom. The Hall–Kier alpha value is -5.35. The van der Waals surface area contributed by atoms with Crippen molar-refractivity contribution in [1.29, 1.82) is 5.26 Å². The van der Waals surface area contributed by atoms with E-state index >= 15 is 0 Å². The van der Waals surface area contributed by atoms with Crippen LogP contribution >= 0.6 is 8.53 Å². The van der Waals surface area contributed by atoms with Gasteiger partial charge in [0.2, 0.25) is 5.91 Å². The fraction of sp³-hybridized carbons (Fsp3) is 0.527. The molecule has 0 radical (unpaired) electrons. The third-order valence-electron chi connectivity index (χ3n) is 12.9. The number of nitriles is 1. The Bertz CT molecular complexity index is 2460. The van der Waals surface area contributed by atoms with E-state index in [9.17, 15) is 19.6 Å². The zero-order chi connectivity index (χ0) is 50.8. The van der Waals surface area contributed by atoms with E-state index in [4.69, 9.17) is 32.7 Å². The van der Waals surface area contributed by atoms with Crippen molar-refractivity contribution in [2.24, 2.45) is 0 Å². The first-order valence-corrected chi connectivity index (χ1v) is 26.2. The van der Waals surface area contributed by atoms with Crippen molar-refractivity contribution in [2.75, 3.05) is 40.6 Å². The summed E-state index contributed by atoms with van der Waals surface area (Å²) in [7, 11) is 1.38. The van der Waals surface area contributed by atoms with Crippen LogP contribution in [0.15, 0.2) is 94.6 Å². The molecule has 3 aromatic carbocycles. The predicted octanol–water partition coefficient (Wildman–Crippen LogP) is 9.28. The van der Waals surface area contributed by atoms with E-state index in [1.807, 2.05) is 107 Å². The third kappa shape index (κ3) is 13.8. The normalized spacial score (nSPS) is 18.9. The quantitative estimate of drug-likeness (QED) is 0.0239. The maximum absolute atomic E-state index is 13.9. The highest BCUT2D eigenvalue weighted by Crippen LogP contribution is 2.56. The molecule has 2 fully saturated rings. The lowest BCUT2D eigenvalue weighted by Gasteiger charge is -2.41. The molecule has 3 heterocycles. The Morgan fingerprint density at radius 1 is 0.887 bits per heavy atom. The summed E-state index contributed by atoms with van der Waals surface area (Å²) in [6.45, 7) is 10.5. The van der Waals surface area contributed by atoms with Gasteiger partial charge in [-0.1, -0.05) is 125 Å². The summed E-state index contributed by atoms with van der Waals surface area (Å²) < 4.78 is 49.2. The molecule has 5 atom stereocenters. The van der Waals surface area contributed by atoms with Crippen LogP contribution < -0.4 is 26.0 Å². The smallest absolute Gasteiger partial charge is 0.330 e. The van der Waals surface area contributed by atoms with Gasteiger partial charge in [-0.3, -0.25) is 19.1 Å². The Labute approximate surface area is 420 Å². The zero-order valence-electron chi connectivity index (χ0n) is 42.4. The number of hydrogen-bond donors (Lipinski definition) is 2. The average molecular weight is 994 g/mol. The van der Waals surface area contributed by atoms with Crippen molar-refractivity contribution in [3.8, 4) is 29.4 Å². The van der Waals surface area contributed by atoms with Crippen LogP contribution in [0.25, 0.3) is 0 Å². The van der Waals surface area contributed by atoms with Gasteiger partial charge in [0, 0.05) is 24.7 Å². The number of aromatic nitrogens is 2. The molecule has 4 aromatic rings. The van der Waals surface area contributed by atoms with Crippen LogP contribution in [0.2, 0.25) is 0 Å². The van der Waals surface area contributed by atoms with Gasteiger partial charge in [0.05, 0.1) is 53.1 Å². The number of hydrogen-bond acceptors (Lipinski definition) is 12. The van der Waals surface area contributed by atoms with Gasteiger partial charge in [0.15, 0.2) is 6.23 Å². The third-order valence-corrected chi connectivity index (χ3v) is 15.0. The molecule has 2 bridgehead atoms. The molecule has 2 saturated heterocycles. The SMILES string of the molecule is CCCCCCCCCCCC(=O)NCC#Cc1cn([C@@H]2O[C@]3(COC(c4ccccc4)(c4ccc(OC)cc4)c4ccc(OC)cc4)CO[C@H]2[C@H]3OP(OCCC#N)N(C(C)C)C(C)C)c(=O)[nH]c1=O. The summed E-state index contributed by atoms with van der Waals surface area (Å²) in [5, 5.41) is 12.3. The van der Waals surface area contributed by atoms with Gasteiger partial charge in [-0.25, -0.2) is 9.46 Å². The number of nitrogens with one attached hydrogen (secondary N) is 2. The molecular formula is C55H72N5O10P. The van der Waals surface area contributed by atoms with E-state index in [1.165, 1.54) is 49.3 Å². The summed E-state index contributed by atoms with van der Waals surface area (Å²) in [5.41, 5.74) is -1.63. The van der Waals surface area contributed by atoms with Crippen molar-refractivity contribution in [3.63, 3.8) is 0 Å². The highest BCUT2D eigenvalue weighted by atomic mass is 31.2. The van der Waals surface area contributed by atoms with Gasteiger partial charge in [-0.15, -0.1) is 0 Å². The van der Waals surface area contributed by atoms with E-state index in [1.54, 1.807) is 14.2 Å². The predicted molar refractivity (Wildman–Crippen MR) is 274 cm³/mol. The van der Waals surface area contributed by atoms with Crippen LogP contribution in [0.1, 0.15) is 134 Å². The maximum Gasteiger partial charge on any atom is 0.330 e. The van der Waals surface area contributed by atoms with E-state index in [0.29, 0.717) is 17.9 Å². The summed E-state index contributed by atoms with van der Waals surface area (Å²) in [4.78, 5) is 42.2. The lowest BCUT2D eigenvalue weighted by Crippen LogP contribution is -2.49. The van der Waals surface area contributed by atoms with E-state index in [0.717, 1.165) is 36.0 Å². The van der Waals surface area contributed by atoms with Crippen molar-refractivity contribution < 1.29 is 37.5 Å². The Morgan fingerprint density at radius 2 is 1.48 bits per heavy atom. The molecule has 15 nitrogen and oxygen atoms in total. The number of carbonyl (C=O) groups excluding carboxylic acids is 1. The summed E-state index contributed by atoms with van der Waals surface area (Å²) >= 11 is 0. The molecule has 1 unspecified atom stereocenters. The van der Waals surface area contributed by atoms with E-state index in [-0.39, 0.29) is 56.3 Å². The van der Waals surface area contributed by atoms with Crippen LogP contribution in [0, 0.1) is 23.2 Å². The fourth-order valence-electron chi connectivity index (χ4n) is 9.30. The van der Waals surface area contributed by atoms with Crippen LogP contribution in [0.5, 0.6) is 11.5 Å². The van der Waals surface area contributed by atoms with Gasteiger partial charge in [-0.05, 0) is 75.1 Å². The first kappa shape index (κ1) is 55.0. The van der Waals surface area contributed by atoms with Crippen molar-refractivity contribution in [2.45, 2.75) is 147 Å². The first-order valence-electron chi connectivity index (χ1n) is 25.0. The first-order chi connectivity index (χ1) is 34.4. The minimum atomic E-state index is -1.85. The second kappa shape index (κ2) is 26.9. The molecule has 1 aromatic heterocycles. The molecule has 1 amide bonds. The zero-order valence-corrected chi connectivity index (χ0v) is 43.3. The maximum atomic E-state index is 13.9. The van der Waals surface area contributed by atoms with Crippen LogP contribution in [-0.2, 0) is 33.7 Å². The Balaban J connectivity index is 1.33. The number of rotatable bonds is 28. The number of nitrogens with zero attached hydrogens (tertiary/aromatic N) is 3. The topological polar surface area (TPSA) is 176 Å². The number of amides is 1. The van der Waals surface area contributed by atoms with Gasteiger partial charge in [0.1, 0.15) is 40.5 Å². The molecule has 382 valence electrons. The molecule has 2 N–H and O–H groups in total. The second-order valence-corrected chi connectivity index (χ2v) is 20.0. The molecule has 2 aliphatic rings. The summed E-state index contributed by atoms with van der Waals surface area (Å²) in [6.07, 6.45) is 9.42. The van der Waals surface area contributed by atoms with Crippen molar-refractivity contribution in [3.05, 3.63) is 128 Å². The highest BCUT2D eigenvalue weighted by molar-refractivity contribution is 7.44. The number of aromatic amines is 1. The second-order valence-electron chi connectivity index (χ2n) is 18.6. The van der Waals surface area contributed by atoms with Gasteiger partial charge < -0.3 is 38.0 Å². The minimum absolute atomic E-state index is 0.00177. The van der Waals surface area contributed by atoms with Gasteiger partial charge in [-0.2, -0.15) is 5.26 Å². The number of H-pyrrole nitrogens is 1. The standard InChI is InChI=1S/C55H72N5O10P/c1-8-9-10-11-12-13-14-15-19-25-48(61)57-35-20-22-42-37-59(53(63)58-51(42)62)52-49-50(70-71(68-36-21-34-56)60(40(2)3)41(4)5)54(69-52,38-66-49)39-67-55(43-23-17-16-18-24-43,44-26-30-46(64-6)31-27-44)45-28-32-47(65-7)33-29-45/h16-18,23-24,26-33,37,40-41,49-50,52H,8-15,19,21,25,35-36,38-39H2,1-7H3,(H,57,61)(H,58,62,63)/t49-,50+,52+,54-,71?/m0/s1. The number of fused-ring (bicyclic) bond motifs is 2. The summed E-state index contributed by atoms with van der Waals surface area (Å²) in [5.74, 6) is 6.97. The molecule has 0 saturated carbocycles. The van der Waals surface area contributed by atoms with Gasteiger partial charge >= 0.3 is 5.69 Å². The molecular weight excluding hydrogens is 922 g/mol. The van der Waals surface area contributed by atoms with E-state index in [2.05, 4.69) is 39.8 Å². The molecule has 2 aliphatic heterocycles. The molecule has 71 heavy (non-hydrogen) atoms. The Kier molecular flexibility index (Phi) is 20.8. The van der Waals surface area contributed by atoms with Crippen molar-refractivity contribution in [1.82, 2.24) is 19.5 Å². The number of carbonyl (C=O) groups is 1. The lowest BCUT2D eigenvalue weighted by atomic mass is 9.79. The molecule has 0 spiro atoms. The van der Waals surface area contributed by atoms with Crippen LogP contribution in [0.4, 0.5) is 0 Å². The molecule has 16 heteroatoms. The number of ether oxygens (including phenoxy) is 5. The molecule has 0 aliphatic carbocycles. The number of methoxy groups -OCH3 is 2. The number of unbranched alkanes of at least 4 members (excludes halogenated alkanes) is 8. The van der Waals surface area contributed by atoms with Crippen molar-refractivity contribution >= 4 is 14.4 Å². The largest absolute Gasteiger partial charge is 0.497 e. The number of benzene rings is 3.